The van der Waals surface area contributed by atoms with Gasteiger partial charge in [-0.15, -0.1) is 0 Å². The van der Waals surface area contributed by atoms with E-state index in [4.69, 9.17) is 0 Å². The molecule has 1 aromatic rings. The molecule has 0 aliphatic heterocycles. The first-order chi connectivity index (χ1) is 9.76. The summed E-state index contributed by atoms with van der Waals surface area (Å²) in [5.41, 5.74) is 2.59. The average Bonchev–Trinajstić information content (AvgIpc) is 2.37. The molecule has 112 valence electrons. The van der Waals surface area contributed by atoms with Gasteiger partial charge in [0.25, 0.3) is 0 Å². The highest BCUT2D eigenvalue weighted by atomic mass is 79.9. The molecule has 2 rings (SSSR count). The molecule has 0 unspecified atom stereocenters. The Balaban J connectivity index is 2.17. The highest BCUT2D eigenvalue weighted by Crippen LogP contribution is 2.32. The van der Waals surface area contributed by atoms with Crippen LogP contribution in [0.15, 0.2) is 22.7 Å². The molecule has 0 spiro atoms. The monoisotopic (exact) mass is 340 g/mol. The Hall–Kier alpha value is -0.580. The van der Waals surface area contributed by atoms with Gasteiger partial charge in [-0.2, -0.15) is 0 Å². The topological polar surface area (TPSA) is 35.5 Å². The zero-order valence-electron chi connectivity index (χ0n) is 12.2. The predicted molar refractivity (Wildman–Crippen MR) is 88.2 cm³/mol. The molecule has 1 aliphatic carbocycles. The number of anilines is 1. The Kier molecular flexibility index (Phi) is 6.33. The third-order valence-electron chi connectivity index (χ3n) is 3.95. The molecule has 3 nitrogen and oxygen atoms in total. The number of aliphatic hydroxyl groups excluding tert-OH is 1. The Morgan fingerprint density at radius 1 is 1.40 bits per heavy atom. The van der Waals surface area contributed by atoms with E-state index >= 15 is 0 Å². The first-order valence-corrected chi connectivity index (χ1v) is 8.42. The molecule has 0 heterocycles. The van der Waals surface area contributed by atoms with Crippen LogP contribution in [0.25, 0.3) is 0 Å². The summed E-state index contributed by atoms with van der Waals surface area (Å²) in [6.45, 7) is 5.05. The number of benzene rings is 1. The van der Waals surface area contributed by atoms with Crippen molar-refractivity contribution in [1.29, 1.82) is 0 Å². The lowest BCUT2D eigenvalue weighted by molar-refractivity contribution is 0.283. The lowest BCUT2D eigenvalue weighted by atomic mass is 9.90. The van der Waals surface area contributed by atoms with Crippen LogP contribution in [0.3, 0.4) is 0 Å². The van der Waals surface area contributed by atoms with Crippen LogP contribution in [0, 0.1) is 0 Å². The number of halogens is 1. The number of nitrogens with one attached hydrogen (secondary N) is 1. The van der Waals surface area contributed by atoms with Crippen molar-refractivity contribution >= 4 is 21.6 Å². The molecule has 1 aliphatic rings. The number of hydrogen-bond acceptors (Lipinski definition) is 3. The molecule has 0 amide bonds. The first-order valence-electron chi connectivity index (χ1n) is 7.63. The molecular weight excluding hydrogens is 316 g/mol. The molecule has 1 aromatic carbocycles. The molecule has 20 heavy (non-hydrogen) atoms. The standard InChI is InChI=1S/C16H25BrN2O/c1-2-8-18-12-13-11-14(17)6-7-16(13)19(9-10-20)15-4-3-5-15/h6-7,11,15,18,20H,2-5,8-10,12H2,1H3. The maximum Gasteiger partial charge on any atom is 0.0606 e. The van der Waals surface area contributed by atoms with Crippen molar-refractivity contribution in [3.05, 3.63) is 28.2 Å². The number of hydrogen-bond donors (Lipinski definition) is 2. The summed E-state index contributed by atoms with van der Waals surface area (Å²) in [7, 11) is 0. The lowest BCUT2D eigenvalue weighted by Gasteiger charge is -2.40. The average molecular weight is 341 g/mol. The molecule has 0 aromatic heterocycles. The van der Waals surface area contributed by atoms with Crippen molar-refractivity contribution in [3.8, 4) is 0 Å². The molecule has 2 N–H and O–H groups in total. The van der Waals surface area contributed by atoms with E-state index < -0.39 is 0 Å². The van der Waals surface area contributed by atoms with E-state index in [9.17, 15) is 5.11 Å². The smallest absolute Gasteiger partial charge is 0.0606 e. The summed E-state index contributed by atoms with van der Waals surface area (Å²) in [5, 5.41) is 12.8. The van der Waals surface area contributed by atoms with Crippen molar-refractivity contribution in [3.63, 3.8) is 0 Å². The molecule has 0 radical (unpaired) electrons. The van der Waals surface area contributed by atoms with Gasteiger partial charge in [-0.05, 0) is 56.0 Å². The van der Waals surface area contributed by atoms with Crippen LogP contribution in [-0.2, 0) is 6.54 Å². The van der Waals surface area contributed by atoms with E-state index in [2.05, 4.69) is 51.3 Å². The van der Waals surface area contributed by atoms with Crippen LogP contribution >= 0.6 is 15.9 Å². The number of nitrogens with zero attached hydrogens (tertiary/aromatic N) is 1. The fourth-order valence-electron chi connectivity index (χ4n) is 2.68. The van der Waals surface area contributed by atoms with Gasteiger partial charge in [0.15, 0.2) is 0 Å². The maximum atomic E-state index is 9.36. The van der Waals surface area contributed by atoms with E-state index in [1.54, 1.807) is 0 Å². The van der Waals surface area contributed by atoms with Gasteiger partial charge in [0.2, 0.25) is 0 Å². The SMILES string of the molecule is CCCNCc1cc(Br)ccc1N(CCO)C1CCC1. The molecule has 0 bridgehead atoms. The fourth-order valence-corrected chi connectivity index (χ4v) is 3.09. The largest absolute Gasteiger partial charge is 0.395 e. The third kappa shape index (κ3) is 3.96. The maximum absolute atomic E-state index is 9.36. The first kappa shape index (κ1) is 15.8. The summed E-state index contributed by atoms with van der Waals surface area (Å²) >= 11 is 3.57. The zero-order chi connectivity index (χ0) is 14.4. The Morgan fingerprint density at radius 2 is 2.20 bits per heavy atom. The minimum atomic E-state index is 0.217. The normalized spacial score (nSPS) is 15.2. The Morgan fingerprint density at radius 3 is 2.80 bits per heavy atom. The second-order valence-electron chi connectivity index (χ2n) is 5.45. The third-order valence-corrected chi connectivity index (χ3v) is 4.44. The van der Waals surface area contributed by atoms with Gasteiger partial charge in [0, 0.05) is 29.3 Å². The second-order valence-corrected chi connectivity index (χ2v) is 6.37. The van der Waals surface area contributed by atoms with Crippen molar-refractivity contribution in [2.75, 3.05) is 24.6 Å². The van der Waals surface area contributed by atoms with Gasteiger partial charge in [0.1, 0.15) is 0 Å². The minimum Gasteiger partial charge on any atom is -0.395 e. The number of rotatable bonds is 8. The molecular formula is C16H25BrN2O. The van der Waals surface area contributed by atoms with Crippen molar-refractivity contribution in [1.82, 2.24) is 5.32 Å². The van der Waals surface area contributed by atoms with Gasteiger partial charge in [-0.1, -0.05) is 22.9 Å². The van der Waals surface area contributed by atoms with Crippen LogP contribution in [-0.4, -0.2) is 30.8 Å². The van der Waals surface area contributed by atoms with E-state index in [-0.39, 0.29) is 6.61 Å². The highest BCUT2D eigenvalue weighted by molar-refractivity contribution is 9.10. The van der Waals surface area contributed by atoms with Crippen molar-refractivity contribution in [2.45, 2.75) is 45.2 Å². The molecule has 1 saturated carbocycles. The molecule has 1 fully saturated rings. The van der Waals surface area contributed by atoms with Crippen molar-refractivity contribution < 1.29 is 5.11 Å². The predicted octanol–water partition coefficient (Wildman–Crippen LogP) is 3.30. The van der Waals surface area contributed by atoms with Gasteiger partial charge in [-0.25, -0.2) is 0 Å². The highest BCUT2D eigenvalue weighted by Gasteiger charge is 2.26. The summed E-state index contributed by atoms with van der Waals surface area (Å²) < 4.78 is 1.12. The second kappa shape index (κ2) is 8.01. The number of aliphatic hydroxyl groups is 1. The van der Waals surface area contributed by atoms with Gasteiger partial charge >= 0.3 is 0 Å². The lowest BCUT2D eigenvalue weighted by Crippen LogP contribution is -2.42. The van der Waals surface area contributed by atoms with Crippen LogP contribution < -0.4 is 10.2 Å². The van der Waals surface area contributed by atoms with Crippen LogP contribution in [0.1, 0.15) is 38.2 Å². The summed E-state index contributed by atoms with van der Waals surface area (Å²) in [5.74, 6) is 0. The zero-order valence-corrected chi connectivity index (χ0v) is 13.8. The minimum absolute atomic E-state index is 0.217. The van der Waals surface area contributed by atoms with E-state index in [1.807, 2.05) is 0 Å². The quantitative estimate of drug-likeness (QED) is 0.712. The van der Waals surface area contributed by atoms with E-state index in [0.29, 0.717) is 6.04 Å². The van der Waals surface area contributed by atoms with E-state index in [0.717, 1.165) is 30.5 Å². The fraction of sp³-hybridized carbons (Fsp3) is 0.625. The molecule has 0 atom stereocenters. The van der Waals surface area contributed by atoms with Crippen LogP contribution in [0.2, 0.25) is 0 Å². The Labute approximate surface area is 130 Å². The van der Waals surface area contributed by atoms with Crippen LogP contribution in [0.4, 0.5) is 5.69 Å². The summed E-state index contributed by atoms with van der Waals surface area (Å²) in [6, 6.07) is 7.08. The molecule has 4 heteroatoms. The van der Waals surface area contributed by atoms with Gasteiger partial charge in [0.05, 0.1) is 6.61 Å². The van der Waals surface area contributed by atoms with Crippen LogP contribution in [0.5, 0.6) is 0 Å². The van der Waals surface area contributed by atoms with Crippen molar-refractivity contribution in [2.24, 2.45) is 0 Å². The molecule has 0 saturated heterocycles. The van der Waals surface area contributed by atoms with E-state index in [1.165, 1.54) is 30.5 Å². The van der Waals surface area contributed by atoms with Gasteiger partial charge < -0.3 is 15.3 Å². The summed E-state index contributed by atoms with van der Waals surface area (Å²) in [6.07, 6.45) is 4.95. The summed E-state index contributed by atoms with van der Waals surface area (Å²) in [4.78, 5) is 2.39. The van der Waals surface area contributed by atoms with Gasteiger partial charge in [-0.3, -0.25) is 0 Å². The Bertz CT molecular complexity index is 421.